The molecular formula is C18H13ClF6O3. The van der Waals surface area contributed by atoms with Gasteiger partial charge in [-0.05, 0) is 36.4 Å². The van der Waals surface area contributed by atoms with Gasteiger partial charge < -0.3 is 14.2 Å². The molecule has 0 amide bonds. The topological polar surface area (TPSA) is 27.7 Å². The smallest absolute Gasteiger partial charge is 0.416 e. The SMILES string of the molecule is FC(F)(F)c1ccc(C(F)(F)F)c(COc2cc(Cl)cc(C3OCCO3)c2)c1. The minimum Gasteiger partial charge on any atom is -0.489 e. The summed E-state index contributed by atoms with van der Waals surface area (Å²) in [5, 5.41) is 0.215. The highest BCUT2D eigenvalue weighted by Crippen LogP contribution is 2.37. The molecule has 0 aromatic heterocycles. The van der Waals surface area contributed by atoms with Gasteiger partial charge in [0.25, 0.3) is 0 Å². The standard InChI is InChI=1S/C18H13ClF6O3/c19-13-6-10(16-26-3-4-27-16)7-14(8-13)28-9-11-5-12(17(20,21)22)1-2-15(11)18(23,24)25/h1-2,5-8,16H,3-4,9H2. The first kappa shape index (κ1) is 20.8. The maximum atomic E-state index is 13.1. The highest BCUT2D eigenvalue weighted by Gasteiger charge is 2.37. The Labute approximate surface area is 160 Å². The van der Waals surface area contributed by atoms with Crippen LogP contribution < -0.4 is 4.74 Å². The summed E-state index contributed by atoms with van der Waals surface area (Å²) in [5.41, 5.74) is -2.55. The molecule has 1 aliphatic heterocycles. The molecule has 0 unspecified atom stereocenters. The molecule has 3 rings (SSSR count). The van der Waals surface area contributed by atoms with E-state index in [1.165, 1.54) is 18.2 Å². The van der Waals surface area contributed by atoms with Crippen LogP contribution >= 0.6 is 11.6 Å². The van der Waals surface area contributed by atoms with Crippen LogP contribution in [0.4, 0.5) is 26.3 Å². The molecule has 0 saturated carbocycles. The Kier molecular flexibility index (Phi) is 5.79. The van der Waals surface area contributed by atoms with Crippen LogP contribution in [0.25, 0.3) is 0 Å². The minimum atomic E-state index is -4.83. The second-order valence-electron chi connectivity index (χ2n) is 5.95. The molecule has 1 fully saturated rings. The Morgan fingerprint density at radius 2 is 1.61 bits per heavy atom. The van der Waals surface area contributed by atoms with Gasteiger partial charge in [0, 0.05) is 16.1 Å². The molecule has 152 valence electrons. The molecule has 1 aliphatic rings. The van der Waals surface area contributed by atoms with Crippen molar-refractivity contribution in [2.45, 2.75) is 25.2 Å². The van der Waals surface area contributed by atoms with E-state index in [0.29, 0.717) is 37.0 Å². The summed E-state index contributed by atoms with van der Waals surface area (Å²) in [7, 11) is 0. The van der Waals surface area contributed by atoms with E-state index in [0.717, 1.165) is 0 Å². The molecule has 3 nitrogen and oxygen atoms in total. The fourth-order valence-corrected chi connectivity index (χ4v) is 2.92. The number of hydrogen-bond acceptors (Lipinski definition) is 3. The molecular weight excluding hydrogens is 414 g/mol. The molecule has 2 aromatic rings. The summed E-state index contributed by atoms with van der Waals surface area (Å²) in [4.78, 5) is 0. The Balaban J connectivity index is 1.87. The zero-order valence-electron chi connectivity index (χ0n) is 14.0. The van der Waals surface area contributed by atoms with E-state index >= 15 is 0 Å². The van der Waals surface area contributed by atoms with Gasteiger partial charge in [-0.2, -0.15) is 26.3 Å². The van der Waals surface area contributed by atoms with Gasteiger partial charge in [-0.3, -0.25) is 0 Å². The third-order valence-corrected chi connectivity index (χ3v) is 4.14. The van der Waals surface area contributed by atoms with Crippen LogP contribution in [0.5, 0.6) is 5.75 Å². The summed E-state index contributed by atoms with van der Waals surface area (Å²) < 4.78 is 94.0. The van der Waals surface area contributed by atoms with Crippen molar-refractivity contribution in [3.8, 4) is 5.75 Å². The summed E-state index contributed by atoms with van der Waals surface area (Å²) in [6.45, 7) is 0.00399. The third kappa shape index (κ3) is 4.89. The van der Waals surface area contributed by atoms with Crippen LogP contribution in [0, 0.1) is 0 Å². The summed E-state index contributed by atoms with van der Waals surface area (Å²) >= 11 is 5.98. The molecule has 2 aromatic carbocycles. The van der Waals surface area contributed by atoms with E-state index in [-0.39, 0.29) is 10.8 Å². The lowest BCUT2D eigenvalue weighted by molar-refractivity contribution is -0.142. The number of halogens is 7. The van der Waals surface area contributed by atoms with Crippen LogP contribution in [0.3, 0.4) is 0 Å². The highest BCUT2D eigenvalue weighted by atomic mass is 35.5. The maximum Gasteiger partial charge on any atom is 0.416 e. The van der Waals surface area contributed by atoms with Crippen LogP contribution in [0.2, 0.25) is 5.02 Å². The van der Waals surface area contributed by atoms with Crippen molar-refractivity contribution in [3.63, 3.8) is 0 Å². The monoisotopic (exact) mass is 426 g/mol. The zero-order valence-corrected chi connectivity index (χ0v) is 14.8. The summed E-state index contributed by atoms with van der Waals surface area (Å²) in [6.07, 6.45) is -10.3. The number of hydrogen-bond donors (Lipinski definition) is 0. The Morgan fingerprint density at radius 3 is 2.21 bits per heavy atom. The molecule has 0 radical (unpaired) electrons. The van der Waals surface area contributed by atoms with Crippen molar-refractivity contribution in [1.29, 1.82) is 0 Å². The molecule has 10 heteroatoms. The predicted molar refractivity (Wildman–Crippen MR) is 86.9 cm³/mol. The normalized spacial score (nSPS) is 15.8. The predicted octanol–water partition coefficient (Wildman–Crippen LogP) is 6.00. The lowest BCUT2D eigenvalue weighted by Crippen LogP contribution is -2.14. The van der Waals surface area contributed by atoms with Crippen molar-refractivity contribution in [2.75, 3.05) is 13.2 Å². The molecule has 28 heavy (non-hydrogen) atoms. The van der Waals surface area contributed by atoms with E-state index in [1.54, 1.807) is 0 Å². The first-order valence-electron chi connectivity index (χ1n) is 7.98. The largest absolute Gasteiger partial charge is 0.489 e. The van der Waals surface area contributed by atoms with Gasteiger partial charge in [-0.1, -0.05) is 11.6 Å². The minimum absolute atomic E-state index is 0.0761. The Hall–Kier alpha value is -1.97. The summed E-state index contributed by atoms with van der Waals surface area (Å²) in [5.74, 6) is 0.0761. The quantitative estimate of drug-likeness (QED) is 0.561. The van der Waals surface area contributed by atoms with Gasteiger partial charge in [-0.15, -0.1) is 0 Å². The van der Waals surface area contributed by atoms with Gasteiger partial charge in [0.05, 0.1) is 24.3 Å². The van der Waals surface area contributed by atoms with Gasteiger partial charge in [-0.25, -0.2) is 0 Å². The lowest BCUT2D eigenvalue weighted by atomic mass is 10.0. The Bertz CT molecular complexity index is 844. The average molecular weight is 427 g/mol. The number of benzene rings is 2. The molecule has 1 heterocycles. The number of rotatable bonds is 4. The van der Waals surface area contributed by atoms with E-state index in [4.69, 9.17) is 25.8 Å². The van der Waals surface area contributed by atoms with E-state index in [1.807, 2.05) is 0 Å². The Morgan fingerprint density at radius 1 is 0.929 bits per heavy atom. The van der Waals surface area contributed by atoms with Gasteiger partial charge in [0.15, 0.2) is 6.29 Å². The first-order valence-corrected chi connectivity index (χ1v) is 8.35. The van der Waals surface area contributed by atoms with Crippen molar-refractivity contribution in [3.05, 3.63) is 63.7 Å². The second kappa shape index (κ2) is 7.81. The van der Waals surface area contributed by atoms with E-state index < -0.39 is 41.9 Å². The fourth-order valence-electron chi connectivity index (χ4n) is 2.68. The molecule has 0 aliphatic carbocycles. The number of ether oxygens (including phenoxy) is 3. The molecule has 0 spiro atoms. The molecule has 0 atom stereocenters. The molecule has 0 N–H and O–H groups in total. The number of alkyl halides is 6. The zero-order chi connectivity index (χ0) is 20.5. The summed E-state index contributed by atoms with van der Waals surface area (Å²) in [6, 6.07) is 5.53. The van der Waals surface area contributed by atoms with Gasteiger partial charge >= 0.3 is 12.4 Å². The van der Waals surface area contributed by atoms with Crippen molar-refractivity contribution < 1.29 is 40.6 Å². The van der Waals surface area contributed by atoms with Gasteiger partial charge in [0.1, 0.15) is 12.4 Å². The van der Waals surface area contributed by atoms with E-state index in [2.05, 4.69) is 0 Å². The maximum absolute atomic E-state index is 13.1. The van der Waals surface area contributed by atoms with E-state index in [9.17, 15) is 26.3 Å². The van der Waals surface area contributed by atoms with Gasteiger partial charge in [0.2, 0.25) is 0 Å². The fraction of sp³-hybridized carbons (Fsp3) is 0.333. The molecule has 1 saturated heterocycles. The first-order chi connectivity index (χ1) is 13.0. The van der Waals surface area contributed by atoms with Crippen molar-refractivity contribution in [1.82, 2.24) is 0 Å². The van der Waals surface area contributed by atoms with Crippen LogP contribution in [0.15, 0.2) is 36.4 Å². The lowest BCUT2D eigenvalue weighted by Gasteiger charge is -2.17. The second-order valence-corrected chi connectivity index (χ2v) is 6.39. The van der Waals surface area contributed by atoms with Crippen LogP contribution in [-0.2, 0) is 28.4 Å². The van der Waals surface area contributed by atoms with Crippen molar-refractivity contribution >= 4 is 11.6 Å². The molecule has 0 bridgehead atoms. The third-order valence-electron chi connectivity index (χ3n) is 3.92. The highest BCUT2D eigenvalue weighted by molar-refractivity contribution is 6.30. The van der Waals surface area contributed by atoms with Crippen LogP contribution in [0.1, 0.15) is 28.5 Å². The van der Waals surface area contributed by atoms with Crippen LogP contribution in [-0.4, -0.2) is 13.2 Å². The van der Waals surface area contributed by atoms with Crippen molar-refractivity contribution in [2.24, 2.45) is 0 Å². The average Bonchev–Trinajstić information content (AvgIpc) is 3.12.